The van der Waals surface area contributed by atoms with Gasteiger partial charge < -0.3 is 5.32 Å². The van der Waals surface area contributed by atoms with Crippen LogP contribution in [0.3, 0.4) is 0 Å². The maximum Gasteiger partial charge on any atom is 0.260 e. The smallest absolute Gasteiger partial charge is 0.260 e. The van der Waals surface area contributed by atoms with Crippen LogP contribution in [0.1, 0.15) is 47.7 Å². The molecular formula is C18H20N6O. The van der Waals surface area contributed by atoms with Gasteiger partial charge in [-0.05, 0) is 25.0 Å². The van der Waals surface area contributed by atoms with E-state index in [-0.39, 0.29) is 5.91 Å². The van der Waals surface area contributed by atoms with E-state index in [1.165, 1.54) is 12.8 Å². The fourth-order valence-electron chi connectivity index (χ4n) is 3.43. The summed E-state index contributed by atoms with van der Waals surface area (Å²) in [5.41, 5.74) is 3.35. The fraction of sp³-hybridized carbons (Fsp3) is 0.333. The van der Waals surface area contributed by atoms with Crippen LogP contribution in [0.4, 0.5) is 5.82 Å². The number of hydrogen-bond acceptors (Lipinski definition) is 4. The normalized spacial score (nSPS) is 14.8. The standard InChI is InChI=1S/C18H20N6O/c1-24-11-14(17(23-24)13-4-2-3-5-13)18(25)20-16-10-15(21-22-16)12-6-8-19-9-7-12/h6-11,13H,2-5H2,1H3,(H2,20,21,22,25). The van der Waals surface area contributed by atoms with Gasteiger partial charge in [0, 0.05) is 43.2 Å². The number of carbonyl (C=O) groups is 1. The Bertz CT molecular complexity index is 876. The first kappa shape index (κ1) is 15.6. The minimum atomic E-state index is -0.164. The van der Waals surface area contributed by atoms with Crippen molar-refractivity contribution in [3.05, 3.63) is 48.0 Å². The number of nitrogens with zero attached hydrogens (tertiary/aromatic N) is 4. The van der Waals surface area contributed by atoms with Gasteiger partial charge in [0.25, 0.3) is 5.91 Å². The first-order valence-electron chi connectivity index (χ1n) is 8.51. The predicted molar refractivity (Wildman–Crippen MR) is 94.2 cm³/mol. The highest BCUT2D eigenvalue weighted by molar-refractivity contribution is 6.04. The Morgan fingerprint density at radius 1 is 1.28 bits per heavy atom. The number of anilines is 1. The Labute approximate surface area is 145 Å². The SMILES string of the molecule is Cn1cc(C(=O)Nc2cc(-c3ccncc3)[nH]n2)c(C2CCCC2)n1. The van der Waals surface area contributed by atoms with Crippen molar-refractivity contribution >= 4 is 11.7 Å². The largest absolute Gasteiger partial charge is 0.305 e. The molecule has 4 rings (SSSR count). The van der Waals surface area contributed by atoms with E-state index in [2.05, 4.69) is 25.6 Å². The van der Waals surface area contributed by atoms with Gasteiger partial charge in [0.05, 0.1) is 17.0 Å². The molecule has 7 nitrogen and oxygen atoms in total. The second kappa shape index (κ2) is 6.51. The van der Waals surface area contributed by atoms with Gasteiger partial charge in [-0.2, -0.15) is 10.2 Å². The zero-order valence-corrected chi connectivity index (χ0v) is 14.1. The van der Waals surface area contributed by atoms with E-state index in [9.17, 15) is 4.79 Å². The van der Waals surface area contributed by atoms with Gasteiger partial charge in [0.2, 0.25) is 0 Å². The third-order valence-corrected chi connectivity index (χ3v) is 4.65. The van der Waals surface area contributed by atoms with Crippen molar-refractivity contribution in [1.29, 1.82) is 0 Å². The molecule has 0 radical (unpaired) electrons. The van der Waals surface area contributed by atoms with Gasteiger partial charge in [-0.1, -0.05) is 12.8 Å². The van der Waals surface area contributed by atoms with Crippen molar-refractivity contribution < 1.29 is 4.79 Å². The van der Waals surface area contributed by atoms with Crippen LogP contribution in [0.2, 0.25) is 0 Å². The Kier molecular flexibility index (Phi) is 4.05. The second-order valence-corrected chi connectivity index (χ2v) is 6.44. The highest BCUT2D eigenvalue weighted by Gasteiger charge is 2.26. The summed E-state index contributed by atoms with van der Waals surface area (Å²) in [6.07, 6.45) is 9.85. The van der Waals surface area contributed by atoms with Crippen molar-refractivity contribution in [2.75, 3.05) is 5.32 Å². The Balaban J connectivity index is 1.54. The predicted octanol–water partition coefficient (Wildman–Crippen LogP) is 3.12. The lowest BCUT2D eigenvalue weighted by Gasteiger charge is -2.08. The van der Waals surface area contributed by atoms with E-state index in [0.29, 0.717) is 17.3 Å². The highest BCUT2D eigenvalue weighted by Crippen LogP contribution is 2.35. The quantitative estimate of drug-likeness (QED) is 0.766. The van der Waals surface area contributed by atoms with Crippen LogP contribution in [0.15, 0.2) is 36.8 Å². The molecule has 0 unspecified atom stereocenters. The van der Waals surface area contributed by atoms with Crippen LogP contribution in [-0.2, 0) is 7.05 Å². The summed E-state index contributed by atoms with van der Waals surface area (Å²) in [6, 6.07) is 5.59. The number of H-pyrrole nitrogens is 1. The molecule has 3 heterocycles. The second-order valence-electron chi connectivity index (χ2n) is 6.44. The van der Waals surface area contributed by atoms with E-state index >= 15 is 0 Å². The maximum absolute atomic E-state index is 12.7. The lowest BCUT2D eigenvalue weighted by Crippen LogP contribution is -2.14. The minimum absolute atomic E-state index is 0.164. The Morgan fingerprint density at radius 3 is 2.80 bits per heavy atom. The molecule has 0 atom stereocenters. The number of pyridine rings is 1. The molecule has 0 bridgehead atoms. The van der Waals surface area contributed by atoms with Crippen LogP contribution in [-0.4, -0.2) is 30.9 Å². The molecule has 1 fully saturated rings. The molecule has 0 aliphatic heterocycles. The molecule has 128 valence electrons. The number of aromatic amines is 1. The molecule has 1 aliphatic carbocycles. The first-order chi connectivity index (χ1) is 12.2. The number of hydrogen-bond donors (Lipinski definition) is 2. The molecule has 3 aromatic rings. The zero-order valence-electron chi connectivity index (χ0n) is 14.1. The zero-order chi connectivity index (χ0) is 17.2. The lowest BCUT2D eigenvalue weighted by molar-refractivity contribution is 0.102. The molecule has 0 spiro atoms. The number of aryl methyl sites for hydroxylation is 1. The van der Waals surface area contributed by atoms with Gasteiger partial charge >= 0.3 is 0 Å². The number of amides is 1. The highest BCUT2D eigenvalue weighted by atomic mass is 16.1. The molecule has 0 aromatic carbocycles. The first-order valence-corrected chi connectivity index (χ1v) is 8.51. The molecule has 7 heteroatoms. The summed E-state index contributed by atoms with van der Waals surface area (Å²) in [6.45, 7) is 0. The van der Waals surface area contributed by atoms with Gasteiger partial charge in [-0.3, -0.25) is 19.6 Å². The van der Waals surface area contributed by atoms with Gasteiger partial charge in [-0.15, -0.1) is 0 Å². The van der Waals surface area contributed by atoms with Crippen molar-refractivity contribution in [2.45, 2.75) is 31.6 Å². The van der Waals surface area contributed by atoms with E-state index < -0.39 is 0 Å². The van der Waals surface area contributed by atoms with Crippen LogP contribution < -0.4 is 5.32 Å². The molecule has 3 aromatic heterocycles. The number of nitrogens with one attached hydrogen (secondary N) is 2. The monoisotopic (exact) mass is 336 g/mol. The average Bonchev–Trinajstić information content (AvgIpc) is 3.35. The van der Waals surface area contributed by atoms with E-state index in [0.717, 1.165) is 29.8 Å². The van der Waals surface area contributed by atoms with E-state index in [1.807, 2.05) is 25.2 Å². The molecule has 0 saturated heterocycles. The molecule has 1 amide bonds. The third kappa shape index (κ3) is 3.17. The topological polar surface area (TPSA) is 88.5 Å². The molecular weight excluding hydrogens is 316 g/mol. The Hall–Kier alpha value is -2.96. The number of rotatable bonds is 4. The molecule has 25 heavy (non-hydrogen) atoms. The molecule has 1 saturated carbocycles. The summed E-state index contributed by atoms with van der Waals surface area (Å²) in [5, 5.41) is 14.5. The number of aromatic nitrogens is 5. The number of carbonyl (C=O) groups excluding carboxylic acids is 1. The lowest BCUT2D eigenvalue weighted by atomic mass is 10.0. The molecule has 1 aliphatic rings. The van der Waals surface area contributed by atoms with Crippen molar-refractivity contribution in [3.8, 4) is 11.3 Å². The maximum atomic E-state index is 12.7. The summed E-state index contributed by atoms with van der Waals surface area (Å²) < 4.78 is 1.72. The van der Waals surface area contributed by atoms with Crippen molar-refractivity contribution in [2.24, 2.45) is 7.05 Å². The van der Waals surface area contributed by atoms with Crippen LogP contribution in [0, 0.1) is 0 Å². The third-order valence-electron chi connectivity index (χ3n) is 4.65. The summed E-state index contributed by atoms with van der Waals surface area (Å²) in [4.78, 5) is 16.7. The summed E-state index contributed by atoms with van der Waals surface area (Å²) in [5.74, 6) is 0.717. The van der Waals surface area contributed by atoms with Crippen LogP contribution in [0.25, 0.3) is 11.3 Å². The Morgan fingerprint density at radius 2 is 2.04 bits per heavy atom. The molecule has 2 N–H and O–H groups in total. The van der Waals surface area contributed by atoms with Gasteiger partial charge in [0.15, 0.2) is 5.82 Å². The van der Waals surface area contributed by atoms with Crippen molar-refractivity contribution in [3.63, 3.8) is 0 Å². The van der Waals surface area contributed by atoms with Gasteiger partial charge in [0.1, 0.15) is 0 Å². The fourth-order valence-corrected chi connectivity index (χ4v) is 3.43. The van der Waals surface area contributed by atoms with Crippen molar-refractivity contribution in [1.82, 2.24) is 25.0 Å². The average molecular weight is 336 g/mol. The van der Waals surface area contributed by atoms with Crippen LogP contribution >= 0.6 is 0 Å². The van der Waals surface area contributed by atoms with E-state index in [1.54, 1.807) is 23.3 Å². The minimum Gasteiger partial charge on any atom is -0.305 e. The van der Waals surface area contributed by atoms with E-state index in [4.69, 9.17) is 0 Å². The van der Waals surface area contributed by atoms with Gasteiger partial charge in [-0.25, -0.2) is 0 Å². The van der Waals surface area contributed by atoms with Crippen LogP contribution in [0.5, 0.6) is 0 Å². The summed E-state index contributed by atoms with van der Waals surface area (Å²) >= 11 is 0. The summed E-state index contributed by atoms with van der Waals surface area (Å²) in [7, 11) is 1.85.